The van der Waals surface area contributed by atoms with Crippen LogP contribution in [0.3, 0.4) is 0 Å². The first-order valence-corrected chi connectivity index (χ1v) is 9.58. The number of hydrogen-bond donors (Lipinski definition) is 1. The van der Waals surface area contributed by atoms with Gasteiger partial charge in [-0.25, -0.2) is 4.98 Å². The van der Waals surface area contributed by atoms with Crippen LogP contribution in [0.1, 0.15) is 17.9 Å². The van der Waals surface area contributed by atoms with Crippen LogP contribution in [0, 0.1) is 0 Å². The van der Waals surface area contributed by atoms with Crippen LogP contribution in [-0.4, -0.2) is 35.8 Å². The molecule has 3 rings (SSSR count). The van der Waals surface area contributed by atoms with Crippen LogP contribution in [0.4, 0.5) is 5.69 Å². The minimum absolute atomic E-state index is 0.0331. The lowest BCUT2D eigenvalue weighted by Crippen LogP contribution is -2.23. The maximum Gasteiger partial charge on any atom is 0.226 e. The predicted molar refractivity (Wildman–Crippen MR) is 113 cm³/mol. The van der Waals surface area contributed by atoms with Gasteiger partial charge in [0.25, 0.3) is 0 Å². The number of hydrogen-bond acceptors (Lipinski definition) is 4. The topological polar surface area (TPSA) is 75.4 Å². The lowest BCUT2D eigenvalue weighted by Gasteiger charge is -2.10. The van der Waals surface area contributed by atoms with E-state index in [0.29, 0.717) is 35.2 Å². The fraction of sp³-hybridized carbons (Fsp3) is 0.227. The maximum atomic E-state index is 12.2. The van der Waals surface area contributed by atoms with Gasteiger partial charge < -0.3 is 14.6 Å². The molecule has 150 valence electrons. The normalized spacial score (nSPS) is 10.6. The Morgan fingerprint density at radius 3 is 2.41 bits per heavy atom. The molecule has 1 heterocycles. The van der Waals surface area contributed by atoms with E-state index in [-0.39, 0.29) is 18.2 Å². The van der Waals surface area contributed by atoms with E-state index in [0.717, 1.165) is 11.1 Å². The molecule has 2 amide bonds. The van der Waals surface area contributed by atoms with Gasteiger partial charge in [0, 0.05) is 43.2 Å². The third kappa shape index (κ3) is 5.93. The molecule has 0 aliphatic rings. The maximum absolute atomic E-state index is 12.2. The Bertz CT molecular complexity index is 979. The number of anilines is 1. The molecule has 3 aromatic rings. The monoisotopic (exact) mass is 411 g/mol. The Morgan fingerprint density at radius 1 is 1.07 bits per heavy atom. The molecule has 1 N–H and O–H groups in total. The van der Waals surface area contributed by atoms with Crippen molar-refractivity contribution in [3.8, 4) is 11.3 Å². The van der Waals surface area contributed by atoms with E-state index in [9.17, 15) is 9.59 Å². The second kappa shape index (κ2) is 9.39. The van der Waals surface area contributed by atoms with Gasteiger partial charge in [-0.3, -0.25) is 9.59 Å². The van der Waals surface area contributed by atoms with Gasteiger partial charge in [0.05, 0.1) is 12.6 Å². The van der Waals surface area contributed by atoms with E-state index >= 15 is 0 Å². The van der Waals surface area contributed by atoms with Crippen LogP contribution >= 0.6 is 11.6 Å². The highest BCUT2D eigenvalue weighted by Gasteiger charge is 2.10. The molecule has 0 atom stereocenters. The van der Waals surface area contributed by atoms with Crippen LogP contribution in [0.25, 0.3) is 11.3 Å². The zero-order valence-electron chi connectivity index (χ0n) is 16.3. The Hall–Kier alpha value is -3.12. The van der Waals surface area contributed by atoms with Crippen molar-refractivity contribution in [1.82, 2.24) is 9.88 Å². The van der Waals surface area contributed by atoms with Crippen molar-refractivity contribution in [2.75, 3.05) is 19.4 Å². The zero-order chi connectivity index (χ0) is 20.8. The number of benzene rings is 2. The van der Waals surface area contributed by atoms with Crippen LogP contribution in [0.15, 0.2) is 59.1 Å². The number of likely N-dealkylation sites (N-methyl/N-ethyl adjacent to an activating group) is 1. The SMILES string of the molecule is CN(C)C(=O)Cc1ccc(NC(=O)CCc2ncc(-c3ccc(Cl)cc3)o2)cc1. The van der Waals surface area contributed by atoms with Gasteiger partial charge in [-0.1, -0.05) is 23.7 Å². The van der Waals surface area contributed by atoms with Crippen molar-refractivity contribution in [1.29, 1.82) is 0 Å². The van der Waals surface area contributed by atoms with Crippen molar-refractivity contribution >= 4 is 29.1 Å². The molecule has 0 aliphatic carbocycles. The van der Waals surface area contributed by atoms with Crippen LogP contribution < -0.4 is 5.32 Å². The third-order valence-corrected chi connectivity index (χ3v) is 4.59. The van der Waals surface area contributed by atoms with Crippen LogP contribution in [0.5, 0.6) is 0 Å². The van der Waals surface area contributed by atoms with Crippen molar-refractivity contribution in [2.24, 2.45) is 0 Å². The molecule has 0 spiro atoms. The third-order valence-electron chi connectivity index (χ3n) is 4.34. The fourth-order valence-corrected chi connectivity index (χ4v) is 2.78. The Morgan fingerprint density at radius 2 is 1.76 bits per heavy atom. The average molecular weight is 412 g/mol. The summed E-state index contributed by atoms with van der Waals surface area (Å²) in [6.45, 7) is 0. The molecule has 0 fully saturated rings. The summed E-state index contributed by atoms with van der Waals surface area (Å²) in [6, 6.07) is 14.5. The number of rotatable bonds is 7. The molecule has 2 aromatic carbocycles. The van der Waals surface area contributed by atoms with Gasteiger partial charge in [0.15, 0.2) is 11.7 Å². The molecule has 0 aliphatic heterocycles. The summed E-state index contributed by atoms with van der Waals surface area (Å²) in [5.41, 5.74) is 2.46. The van der Waals surface area contributed by atoms with E-state index in [1.54, 1.807) is 49.5 Å². The van der Waals surface area contributed by atoms with Gasteiger partial charge in [0.1, 0.15) is 0 Å². The summed E-state index contributed by atoms with van der Waals surface area (Å²) in [5.74, 6) is 1.04. The van der Waals surface area contributed by atoms with E-state index in [1.807, 2.05) is 24.3 Å². The Labute approximate surface area is 174 Å². The summed E-state index contributed by atoms with van der Waals surface area (Å²) in [6.07, 6.45) is 2.63. The highest BCUT2D eigenvalue weighted by molar-refractivity contribution is 6.30. The molecule has 0 radical (unpaired) electrons. The van der Waals surface area contributed by atoms with Crippen LogP contribution in [-0.2, 0) is 22.4 Å². The summed E-state index contributed by atoms with van der Waals surface area (Å²) in [7, 11) is 3.45. The average Bonchev–Trinajstić information content (AvgIpc) is 3.17. The molecule has 0 saturated carbocycles. The summed E-state index contributed by atoms with van der Waals surface area (Å²) < 4.78 is 5.71. The number of nitrogens with zero attached hydrogens (tertiary/aromatic N) is 2. The number of aromatic nitrogens is 1. The number of oxazole rings is 1. The van der Waals surface area contributed by atoms with Gasteiger partial charge in [-0.05, 0) is 42.0 Å². The lowest BCUT2D eigenvalue weighted by atomic mass is 10.1. The Balaban J connectivity index is 1.50. The zero-order valence-corrected chi connectivity index (χ0v) is 17.1. The highest BCUT2D eigenvalue weighted by Crippen LogP contribution is 2.22. The number of carbonyl (C=O) groups is 2. The quantitative estimate of drug-likeness (QED) is 0.632. The number of carbonyl (C=O) groups excluding carboxylic acids is 2. The molecular formula is C22H22ClN3O3. The van der Waals surface area contributed by atoms with Gasteiger partial charge in [0.2, 0.25) is 11.8 Å². The highest BCUT2D eigenvalue weighted by atomic mass is 35.5. The number of nitrogens with one attached hydrogen (secondary N) is 1. The minimum Gasteiger partial charge on any atom is -0.441 e. The van der Waals surface area contributed by atoms with E-state index in [4.69, 9.17) is 16.0 Å². The van der Waals surface area contributed by atoms with Crippen molar-refractivity contribution in [3.63, 3.8) is 0 Å². The predicted octanol–water partition coefficient (Wildman–Crippen LogP) is 4.20. The molecule has 1 aromatic heterocycles. The molecule has 29 heavy (non-hydrogen) atoms. The fourth-order valence-electron chi connectivity index (χ4n) is 2.66. The first-order valence-electron chi connectivity index (χ1n) is 9.20. The smallest absolute Gasteiger partial charge is 0.226 e. The molecule has 7 heteroatoms. The summed E-state index contributed by atoms with van der Waals surface area (Å²) in [5, 5.41) is 3.50. The standard InChI is InChI=1S/C22H22ClN3O3/c1-26(2)22(28)13-15-3-9-18(10-4-15)25-20(27)11-12-21-24-14-19(29-21)16-5-7-17(23)8-6-16/h3-10,14H,11-13H2,1-2H3,(H,25,27). The molecule has 0 unspecified atom stereocenters. The first-order chi connectivity index (χ1) is 13.9. The number of halogens is 1. The van der Waals surface area contributed by atoms with Crippen molar-refractivity contribution in [2.45, 2.75) is 19.3 Å². The Kier molecular flexibility index (Phi) is 6.67. The second-order valence-corrected chi connectivity index (χ2v) is 7.27. The largest absolute Gasteiger partial charge is 0.441 e. The van der Waals surface area contributed by atoms with E-state index in [2.05, 4.69) is 10.3 Å². The van der Waals surface area contributed by atoms with E-state index in [1.165, 1.54) is 0 Å². The summed E-state index contributed by atoms with van der Waals surface area (Å²) >= 11 is 5.89. The second-order valence-electron chi connectivity index (χ2n) is 6.84. The summed E-state index contributed by atoms with van der Waals surface area (Å²) in [4.78, 5) is 29.7. The lowest BCUT2D eigenvalue weighted by molar-refractivity contribution is -0.128. The molecule has 6 nitrogen and oxygen atoms in total. The number of aryl methyl sites for hydroxylation is 1. The number of amides is 2. The minimum atomic E-state index is -0.131. The van der Waals surface area contributed by atoms with Gasteiger partial charge in [-0.15, -0.1) is 0 Å². The first kappa shape index (κ1) is 20.6. The molecular weight excluding hydrogens is 390 g/mol. The van der Waals surface area contributed by atoms with Crippen LogP contribution in [0.2, 0.25) is 5.02 Å². The van der Waals surface area contributed by atoms with Gasteiger partial charge >= 0.3 is 0 Å². The van der Waals surface area contributed by atoms with Crippen molar-refractivity contribution in [3.05, 3.63) is 71.2 Å². The molecule has 0 saturated heterocycles. The van der Waals surface area contributed by atoms with Gasteiger partial charge in [-0.2, -0.15) is 0 Å². The van der Waals surface area contributed by atoms with E-state index < -0.39 is 0 Å². The van der Waals surface area contributed by atoms with Crippen molar-refractivity contribution < 1.29 is 14.0 Å². The molecule has 0 bridgehead atoms.